The van der Waals surface area contributed by atoms with Crippen molar-refractivity contribution in [2.75, 3.05) is 0 Å². The molecule has 1 aliphatic rings. The van der Waals surface area contributed by atoms with Gasteiger partial charge in [0.2, 0.25) is 0 Å². The zero-order valence-corrected chi connectivity index (χ0v) is 11.8. The standard InChI is InChI=1S/C14H23NOS/c1-9(2)11-4-5-13(16)12(6-11)7-14-15-10(3)8-17-14/h8-9,11-13,16H,4-7H2,1-3H3. The van der Waals surface area contributed by atoms with E-state index in [0.29, 0.717) is 5.92 Å². The number of aliphatic hydroxyl groups excluding tert-OH is 1. The van der Waals surface area contributed by atoms with Gasteiger partial charge < -0.3 is 5.11 Å². The highest BCUT2D eigenvalue weighted by Gasteiger charge is 2.31. The summed E-state index contributed by atoms with van der Waals surface area (Å²) in [6.45, 7) is 6.63. The Morgan fingerprint density at radius 2 is 2.24 bits per heavy atom. The summed E-state index contributed by atoms with van der Waals surface area (Å²) >= 11 is 1.73. The Kier molecular flexibility index (Phi) is 4.21. The fourth-order valence-corrected chi connectivity index (χ4v) is 3.70. The maximum absolute atomic E-state index is 10.1. The molecule has 0 aliphatic heterocycles. The highest BCUT2D eigenvalue weighted by atomic mass is 32.1. The molecule has 3 heteroatoms. The number of hydrogen-bond acceptors (Lipinski definition) is 3. The number of rotatable bonds is 3. The van der Waals surface area contributed by atoms with Crippen LogP contribution in [-0.4, -0.2) is 16.2 Å². The van der Waals surface area contributed by atoms with Crippen molar-refractivity contribution in [3.8, 4) is 0 Å². The van der Waals surface area contributed by atoms with Gasteiger partial charge in [-0.05, 0) is 43.9 Å². The first-order valence-electron chi connectivity index (χ1n) is 6.65. The third-order valence-corrected chi connectivity index (χ3v) is 5.02. The van der Waals surface area contributed by atoms with Crippen LogP contribution in [0.1, 0.15) is 43.8 Å². The van der Waals surface area contributed by atoms with Crippen LogP contribution in [0, 0.1) is 24.7 Å². The van der Waals surface area contributed by atoms with E-state index in [9.17, 15) is 5.11 Å². The second-order valence-electron chi connectivity index (χ2n) is 5.73. The first-order valence-corrected chi connectivity index (χ1v) is 7.53. The number of aliphatic hydroxyl groups is 1. The summed E-state index contributed by atoms with van der Waals surface area (Å²) in [4.78, 5) is 4.52. The zero-order chi connectivity index (χ0) is 12.4. The molecule has 3 unspecified atom stereocenters. The normalized spacial score (nSPS) is 29.8. The molecule has 1 aromatic rings. The maximum atomic E-state index is 10.1. The Hall–Kier alpha value is -0.410. The van der Waals surface area contributed by atoms with Crippen molar-refractivity contribution in [2.24, 2.45) is 17.8 Å². The van der Waals surface area contributed by atoms with E-state index >= 15 is 0 Å². The second-order valence-corrected chi connectivity index (χ2v) is 6.67. The first-order chi connectivity index (χ1) is 8.06. The zero-order valence-electron chi connectivity index (χ0n) is 11.0. The van der Waals surface area contributed by atoms with Crippen molar-refractivity contribution in [3.63, 3.8) is 0 Å². The molecule has 1 saturated carbocycles. The molecule has 1 heterocycles. The Morgan fingerprint density at radius 1 is 1.47 bits per heavy atom. The fraction of sp³-hybridized carbons (Fsp3) is 0.786. The second kappa shape index (κ2) is 5.49. The van der Waals surface area contributed by atoms with E-state index < -0.39 is 0 Å². The van der Waals surface area contributed by atoms with Crippen LogP contribution in [0.3, 0.4) is 0 Å². The maximum Gasteiger partial charge on any atom is 0.0931 e. The van der Waals surface area contributed by atoms with E-state index in [-0.39, 0.29) is 6.10 Å². The summed E-state index contributed by atoms with van der Waals surface area (Å²) in [7, 11) is 0. The van der Waals surface area contributed by atoms with Crippen molar-refractivity contribution in [1.82, 2.24) is 4.98 Å². The molecular formula is C14H23NOS. The van der Waals surface area contributed by atoms with Gasteiger partial charge in [-0.15, -0.1) is 11.3 Å². The number of thiazole rings is 1. The number of aryl methyl sites for hydroxylation is 1. The van der Waals surface area contributed by atoms with E-state index in [1.165, 1.54) is 11.4 Å². The molecule has 0 radical (unpaired) electrons. The molecule has 1 N–H and O–H groups in total. The number of aromatic nitrogens is 1. The van der Waals surface area contributed by atoms with Gasteiger partial charge in [-0.3, -0.25) is 0 Å². The van der Waals surface area contributed by atoms with Gasteiger partial charge in [-0.2, -0.15) is 0 Å². The van der Waals surface area contributed by atoms with Gasteiger partial charge >= 0.3 is 0 Å². The highest BCUT2D eigenvalue weighted by Crippen LogP contribution is 2.35. The lowest BCUT2D eigenvalue weighted by Gasteiger charge is -2.35. The lowest BCUT2D eigenvalue weighted by atomic mass is 9.74. The third-order valence-electron chi connectivity index (χ3n) is 4.03. The molecule has 96 valence electrons. The largest absolute Gasteiger partial charge is 0.393 e. The van der Waals surface area contributed by atoms with Crippen molar-refractivity contribution in [3.05, 3.63) is 16.1 Å². The summed E-state index contributed by atoms with van der Waals surface area (Å²) in [5, 5.41) is 13.4. The molecule has 0 amide bonds. The molecule has 2 nitrogen and oxygen atoms in total. The van der Waals surface area contributed by atoms with Crippen LogP contribution in [-0.2, 0) is 6.42 Å². The van der Waals surface area contributed by atoms with E-state index in [2.05, 4.69) is 24.2 Å². The predicted octanol–water partition coefficient (Wildman–Crippen LogP) is 3.43. The molecule has 3 atom stereocenters. The third kappa shape index (κ3) is 3.29. The SMILES string of the molecule is Cc1csc(CC2CC(C(C)C)CCC2O)n1. The summed E-state index contributed by atoms with van der Waals surface area (Å²) in [6.07, 6.45) is 4.17. The quantitative estimate of drug-likeness (QED) is 0.895. The van der Waals surface area contributed by atoms with Crippen molar-refractivity contribution in [1.29, 1.82) is 0 Å². The molecule has 0 bridgehead atoms. The average molecular weight is 253 g/mol. The monoisotopic (exact) mass is 253 g/mol. The molecule has 0 aromatic carbocycles. The summed E-state index contributed by atoms with van der Waals surface area (Å²) in [5.41, 5.74) is 1.11. The summed E-state index contributed by atoms with van der Waals surface area (Å²) in [6, 6.07) is 0. The fourth-order valence-electron chi connectivity index (χ4n) is 2.83. The lowest BCUT2D eigenvalue weighted by Crippen LogP contribution is -2.32. The van der Waals surface area contributed by atoms with Crippen molar-refractivity contribution in [2.45, 2.75) is 52.6 Å². The molecular weight excluding hydrogens is 230 g/mol. The molecule has 1 aromatic heterocycles. The molecule has 1 fully saturated rings. The van der Waals surface area contributed by atoms with Gasteiger partial charge in [-0.1, -0.05) is 13.8 Å². The Bertz CT molecular complexity index is 361. The molecule has 1 aliphatic carbocycles. The van der Waals surface area contributed by atoms with Crippen molar-refractivity contribution >= 4 is 11.3 Å². The predicted molar refractivity (Wildman–Crippen MR) is 72.2 cm³/mol. The smallest absolute Gasteiger partial charge is 0.0931 e. The van der Waals surface area contributed by atoms with Gasteiger partial charge in [-0.25, -0.2) is 4.98 Å². The minimum absolute atomic E-state index is 0.116. The van der Waals surface area contributed by atoms with E-state index in [1.807, 2.05) is 6.92 Å². The highest BCUT2D eigenvalue weighted by molar-refractivity contribution is 7.09. The van der Waals surface area contributed by atoms with Crippen LogP contribution in [0.5, 0.6) is 0 Å². The van der Waals surface area contributed by atoms with Crippen LogP contribution in [0.15, 0.2) is 5.38 Å². The van der Waals surface area contributed by atoms with Gasteiger partial charge in [0.15, 0.2) is 0 Å². The first kappa shape index (κ1) is 13.0. The Morgan fingerprint density at radius 3 is 2.82 bits per heavy atom. The molecule has 17 heavy (non-hydrogen) atoms. The van der Waals surface area contributed by atoms with Gasteiger partial charge in [0.05, 0.1) is 11.1 Å². The molecule has 0 spiro atoms. The lowest BCUT2D eigenvalue weighted by molar-refractivity contribution is 0.0378. The van der Waals surface area contributed by atoms with Crippen LogP contribution in [0.25, 0.3) is 0 Å². The molecule has 0 saturated heterocycles. The topological polar surface area (TPSA) is 33.1 Å². The van der Waals surface area contributed by atoms with Crippen LogP contribution in [0.2, 0.25) is 0 Å². The Labute approximate surface area is 108 Å². The van der Waals surface area contributed by atoms with Crippen LogP contribution < -0.4 is 0 Å². The molecule has 2 rings (SSSR count). The van der Waals surface area contributed by atoms with Crippen molar-refractivity contribution < 1.29 is 5.11 Å². The van der Waals surface area contributed by atoms with Crippen LogP contribution >= 0.6 is 11.3 Å². The summed E-state index contributed by atoms with van der Waals surface area (Å²) in [5.74, 6) is 1.94. The Balaban J connectivity index is 1.98. The van der Waals surface area contributed by atoms with Gasteiger partial charge in [0, 0.05) is 17.5 Å². The van der Waals surface area contributed by atoms with E-state index in [4.69, 9.17) is 0 Å². The minimum Gasteiger partial charge on any atom is -0.393 e. The number of nitrogens with zero attached hydrogens (tertiary/aromatic N) is 1. The van der Waals surface area contributed by atoms with Gasteiger partial charge in [0.25, 0.3) is 0 Å². The summed E-state index contributed by atoms with van der Waals surface area (Å²) < 4.78 is 0. The van der Waals surface area contributed by atoms with E-state index in [1.54, 1.807) is 11.3 Å². The average Bonchev–Trinajstić information content (AvgIpc) is 2.67. The van der Waals surface area contributed by atoms with Crippen LogP contribution in [0.4, 0.5) is 0 Å². The van der Waals surface area contributed by atoms with Gasteiger partial charge in [0.1, 0.15) is 0 Å². The minimum atomic E-state index is -0.116. The number of hydrogen-bond donors (Lipinski definition) is 1. The van der Waals surface area contributed by atoms with E-state index in [0.717, 1.165) is 36.8 Å².